The minimum atomic E-state index is -0.182. The van der Waals surface area contributed by atoms with E-state index in [0.29, 0.717) is 40.9 Å². The van der Waals surface area contributed by atoms with Crippen molar-refractivity contribution >= 4 is 17.4 Å². The molecule has 4 nitrogen and oxygen atoms in total. The van der Waals surface area contributed by atoms with E-state index in [4.69, 9.17) is 21.1 Å². The molecule has 0 spiro atoms. The number of hydrogen-bond donors (Lipinski definition) is 0. The minimum absolute atomic E-state index is 0.182. The SMILES string of the molecule is O=C(c1cccnc1)c1cc2c(cc1Cl)OCCCO2. The molecule has 102 valence electrons. The van der Waals surface area contributed by atoms with Crippen molar-refractivity contribution in [2.45, 2.75) is 6.42 Å². The van der Waals surface area contributed by atoms with Crippen LogP contribution in [0.15, 0.2) is 36.7 Å². The van der Waals surface area contributed by atoms with Gasteiger partial charge in [-0.25, -0.2) is 0 Å². The third-order valence-electron chi connectivity index (χ3n) is 3.01. The zero-order valence-corrected chi connectivity index (χ0v) is 11.4. The quantitative estimate of drug-likeness (QED) is 0.797. The van der Waals surface area contributed by atoms with Gasteiger partial charge in [0.2, 0.25) is 0 Å². The highest BCUT2D eigenvalue weighted by Gasteiger charge is 2.19. The van der Waals surface area contributed by atoms with Crippen LogP contribution in [0.4, 0.5) is 0 Å². The van der Waals surface area contributed by atoms with Gasteiger partial charge in [-0.2, -0.15) is 0 Å². The molecule has 3 rings (SSSR count). The largest absolute Gasteiger partial charge is 0.490 e. The predicted octanol–water partition coefficient (Wildman–Crippen LogP) is 3.13. The van der Waals surface area contributed by atoms with Gasteiger partial charge in [-0.15, -0.1) is 0 Å². The molecule has 0 saturated heterocycles. The number of carbonyl (C=O) groups excluding carboxylic acids is 1. The second-order valence-electron chi connectivity index (χ2n) is 4.40. The van der Waals surface area contributed by atoms with E-state index in [1.54, 1.807) is 30.5 Å². The van der Waals surface area contributed by atoms with Gasteiger partial charge in [-0.1, -0.05) is 11.6 Å². The van der Waals surface area contributed by atoms with Gasteiger partial charge in [0.15, 0.2) is 17.3 Å². The molecule has 1 aliphatic heterocycles. The van der Waals surface area contributed by atoms with Gasteiger partial charge in [0, 0.05) is 36.0 Å². The lowest BCUT2D eigenvalue weighted by Crippen LogP contribution is -2.04. The third kappa shape index (κ3) is 2.47. The van der Waals surface area contributed by atoms with Crippen LogP contribution in [-0.2, 0) is 0 Å². The van der Waals surface area contributed by atoms with Crippen LogP contribution < -0.4 is 9.47 Å². The third-order valence-corrected chi connectivity index (χ3v) is 3.32. The van der Waals surface area contributed by atoms with Gasteiger partial charge >= 0.3 is 0 Å². The fourth-order valence-corrected chi connectivity index (χ4v) is 2.25. The Kier molecular flexibility index (Phi) is 3.56. The van der Waals surface area contributed by atoms with E-state index in [9.17, 15) is 4.79 Å². The zero-order valence-electron chi connectivity index (χ0n) is 10.6. The number of nitrogens with zero attached hydrogens (tertiary/aromatic N) is 1. The van der Waals surface area contributed by atoms with Crippen LogP contribution in [0.5, 0.6) is 11.5 Å². The van der Waals surface area contributed by atoms with Gasteiger partial charge in [0.05, 0.1) is 18.2 Å². The van der Waals surface area contributed by atoms with Crippen molar-refractivity contribution in [2.24, 2.45) is 0 Å². The molecular weight excluding hydrogens is 278 g/mol. The number of pyridine rings is 1. The average molecular weight is 290 g/mol. The summed E-state index contributed by atoms with van der Waals surface area (Å²) in [7, 11) is 0. The maximum absolute atomic E-state index is 12.4. The second kappa shape index (κ2) is 5.51. The van der Waals surface area contributed by atoms with Crippen LogP contribution in [0.25, 0.3) is 0 Å². The van der Waals surface area contributed by atoms with E-state index in [0.717, 1.165) is 6.42 Å². The number of ketones is 1. The summed E-state index contributed by atoms with van der Waals surface area (Å²) in [6.45, 7) is 1.15. The molecule has 0 bridgehead atoms. The maximum atomic E-state index is 12.4. The molecule has 5 heteroatoms. The Balaban J connectivity index is 2.02. The molecule has 0 radical (unpaired) electrons. The summed E-state index contributed by atoms with van der Waals surface area (Å²) >= 11 is 6.18. The number of benzene rings is 1. The van der Waals surface area contributed by atoms with Gasteiger partial charge in [-0.05, 0) is 18.2 Å². The molecule has 0 amide bonds. The number of carbonyl (C=O) groups is 1. The van der Waals surface area contributed by atoms with Gasteiger partial charge in [0.1, 0.15) is 0 Å². The van der Waals surface area contributed by atoms with Crippen molar-refractivity contribution in [1.82, 2.24) is 4.98 Å². The molecule has 0 aliphatic carbocycles. The Morgan fingerprint density at radius 2 is 1.95 bits per heavy atom. The van der Waals surface area contributed by atoms with Crippen molar-refractivity contribution in [2.75, 3.05) is 13.2 Å². The molecular formula is C15H12ClNO3. The number of rotatable bonds is 2. The smallest absolute Gasteiger partial charge is 0.196 e. The summed E-state index contributed by atoms with van der Waals surface area (Å²) in [6, 6.07) is 6.68. The van der Waals surface area contributed by atoms with Crippen molar-refractivity contribution in [3.8, 4) is 11.5 Å². The summed E-state index contributed by atoms with van der Waals surface area (Å²) in [5.74, 6) is 0.952. The molecule has 0 saturated carbocycles. The summed E-state index contributed by atoms with van der Waals surface area (Å²) in [6.07, 6.45) is 3.94. The van der Waals surface area contributed by atoms with E-state index in [1.165, 1.54) is 6.20 Å². The number of hydrogen-bond acceptors (Lipinski definition) is 4. The predicted molar refractivity (Wildman–Crippen MR) is 74.7 cm³/mol. The van der Waals surface area contributed by atoms with Crippen LogP contribution in [0, 0.1) is 0 Å². The molecule has 1 aromatic heterocycles. The topological polar surface area (TPSA) is 48.4 Å². The first-order valence-electron chi connectivity index (χ1n) is 6.29. The van der Waals surface area contributed by atoms with E-state index in [2.05, 4.69) is 4.98 Å². The van der Waals surface area contributed by atoms with E-state index < -0.39 is 0 Å². The van der Waals surface area contributed by atoms with Gasteiger partial charge in [-0.3, -0.25) is 9.78 Å². The number of ether oxygens (including phenoxy) is 2. The number of halogens is 1. The van der Waals surface area contributed by atoms with Crippen LogP contribution in [-0.4, -0.2) is 24.0 Å². The monoisotopic (exact) mass is 289 g/mol. The number of fused-ring (bicyclic) bond motifs is 1. The van der Waals surface area contributed by atoms with Crippen molar-refractivity contribution in [1.29, 1.82) is 0 Å². The fraction of sp³-hybridized carbons (Fsp3) is 0.200. The Morgan fingerprint density at radius 3 is 2.65 bits per heavy atom. The second-order valence-corrected chi connectivity index (χ2v) is 4.81. The summed E-state index contributed by atoms with van der Waals surface area (Å²) in [5, 5.41) is 0.350. The average Bonchev–Trinajstić information content (AvgIpc) is 2.71. The molecule has 2 aromatic rings. The van der Waals surface area contributed by atoms with Gasteiger partial charge in [0.25, 0.3) is 0 Å². The molecule has 1 aromatic carbocycles. The minimum Gasteiger partial charge on any atom is -0.490 e. The lowest BCUT2D eigenvalue weighted by Gasteiger charge is -2.10. The summed E-state index contributed by atoms with van der Waals surface area (Å²) < 4.78 is 11.1. The first kappa shape index (κ1) is 12.9. The molecule has 0 fully saturated rings. The first-order valence-corrected chi connectivity index (χ1v) is 6.67. The molecule has 2 heterocycles. The zero-order chi connectivity index (χ0) is 13.9. The van der Waals surface area contributed by atoms with Crippen LogP contribution in [0.1, 0.15) is 22.3 Å². The Bertz CT molecular complexity index is 643. The van der Waals surface area contributed by atoms with Crippen LogP contribution in [0.2, 0.25) is 5.02 Å². The number of aromatic nitrogens is 1. The summed E-state index contributed by atoms with van der Waals surface area (Å²) in [4.78, 5) is 16.4. The highest BCUT2D eigenvalue weighted by Crippen LogP contribution is 2.35. The molecule has 0 N–H and O–H groups in total. The maximum Gasteiger partial charge on any atom is 0.196 e. The van der Waals surface area contributed by atoms with E-state index in [1.807, 2.05) is 0 Å². The molecule has 1 aliphatic rings. The molecule has 0 atom stereocenters. The van der Waals surface area contributed by atoms with Crippen LogP contribution in [0.3, 0.4) is 0 Å². The first-order chi connectivity index (χ1) is 9.75. The van der Waals surface area contributed by atoms with E-state index >= 15 is 0 Å². The van der Waals surface area contributed by atoms with Crippen molar-refractivity contribution < 1.29 is 14.3 Å². The lowest BCUT2D eigenvalue weighted by atomic mass is 10.0. The standard InChI is InChI=1S/C15H12ClNO3/c16-12-8-14-13(19-5-2-6-20-14)7-11(12)15(18)10-3-1-4-17-9-10/h1,3-4,7-9H,2,5-6H2. The van der Waals surface area contributed by atoms with Crippen molar-refractivity contribution in [3.63, 3.8) is 0 Å². The highest BCUT2D eigenvalue weighted by molar-refractivity contribution is 6.35. The van der Waals surface area contributed by atoms with Crippen molar-refractivity contribution in [3.05, 3.63) is 52.8 Å². The fourth-order valence-electron chi connectivity index (χ4n) is 2.01. The van der Waals surface area contributed by atoms with Gasteiger partial charge < -0.3 is 9.47 Å². The normalized spacial score (nSPS) is 13.7. The van der Waals surface area contributed by atoms with Crippen LogP contribution >= 0.6 is 11.6 Å². The highest BCUT2D eigenvalue weighted by atomic mass is 35.5. The Labute approximate surface area is 121 Å². The molecule has 20 heavy (non-hydrogen) atoms. The van der Waals surface area contributed by atoms with E-state index in [-0.39, 0.29) is 5.78 Å². The molecule has 0 unspecified atom stereocenters. The Hall–Kier alpha value is -2.07. The lowest BCUT2D eigenvalue weighted by molar-refractivity contribution is 0.103. The summed E-state index contributed by atoms with van der Waals surface area (Å²) in [5.41, 5.74) is 0.882. The Morgan fingerprint density at radius 1 is 1.20 bits per heavy atom.